The van der Waals surface area contributed by atoms with Gasteiger partial charge in [-0.15, -0.1) is 0 Å². The van der Waals surface area contributed by atoms with Crippen molar-refractivity contribution in [2.45, 2.75) is 75.7 Å². The third-order valence-corrected chi connectivity index (χ3v) is 4.23. The van der Waals surface area contributed by atoms with Gasteiger partial charge in [-0.2, -0.15) is 0 Å². The topological polar surface area (TPSA) is 231 Å². The molecule has 12 heteroatoms. The smallest absolute Gasteiger partial charge is 0.336 e. The minimum atomic E-state index is -2.82. The van der Waals surface area contributed by atoms with Gasteiger partial charge in [0.2, 0.25) is 0 Å². The Kier molecular flexibility index (Phi) is 13.8. The van der Waals surface area contributed by atoms with E-state index in [1.54, 1.807) is 0 Å². The van der Waals surface area contributed by atoms with Crippen molar-refractivity contribution in [2.75, 3.05) is 13.1 Å². The summed E-state index contributed by atoms with van der Waals surface area (Å²) in [6, 6.07) is -1.10. The van der Waals surface area contributed by atoms with Crippen LogP contribution >= 0.6 is 0 Å². The Morgan fingerprint density at radius 1 is 0.833 bits per heavy atom. The fraction of sp³-hybridized carbons (Fsp3) is 0.778. The fourth-order valence-corrected chi connectivity index (χ4v) is 2.48. The lowest BCUT2D eigenvalue weighted by molar-refractivity contribution is -0.177. The molecule has 0 heterocycles. The number of carbonyl (C=O) groups is 4. The van der Waals surface area contributed by atoms with E-state index in [-0.39, 0.29) is 6.42 Å². The van der Waals surface area contributed by atoms with Crippen LogP contribution in [0.4, 0.5) is 0 Å². The zero-order chi connectivity index (χ0) is 23.2. The maximum Gasteiger partial charge on any atom is 0.336 e. The molecule has 10 N–H and O–H groups in total. The van der Waals surface area contributed by atoms with Gasteiger partial charge < -0.3 is 36.9 Å². The number of esters is 3. The third-order valence-electron chi connectivity index (χ3n) is 4.23. The molecule has 3 atom stereocenters. The van der Waals surface area contributed by atoms with E-state index in [1.165, 1.54) is 0 Å². The average molecular weight is 434 g/mol. The first-order valence-corrected chi connectivity index (χ1v) is 9.86. The van der Waals surface area contributed by atoms with E-state index in [9.17, 15) is 29.4 Å². The molecule has 0 radical (unpaired) electrons. The summed E-state index contributed by atoms with van der Waals surface area (Å²) in [4.78, 5) is 47.0. The first-order valence-electron chi connectivity index (χ1n) is 9.86. The quantitative estimate of drug-likeness (QED) is 0.0701. The number of unbranched alkanes of at least 4 members (excludes halogenated alkanes) is 3. The number of carboxylic acids is 1. The van der Waals surface area contributed by atoms with Crippen LogP contribution in [0.3, 0.4) is 0 Å². The summed E-state index contributed by atoms with van der Waals surface area (Å²) in [7, 11) is 0. The van der Waals surface area contributed by atoms with E-state index in [4.69, 9.17) is 27.7 Å². The molecule has 0 aliphatic heterocycles. The number of hydrogen-bond donors (Lipinski definition) is 6. The van der Waals surface area contributed by atoms with Crippen molar-refractivity contribution < 1.29 is 38.9 Å². The summed E-state index contributed by atoms with van der Waals surface area (Å²) in [5.41, 5.74) is 19.1. The van der Waals surface area contributed by atoms with Gasteiger partial charge in [0.25, 0.3) is 0 Å². The molecule has 0 saturated heterocycles. The molecule has 0 amide bonds. The molecule has 0 saturated carbocycles. The maximum absolute atomic E-state index is 11.9. The van der Waals surface area contributed by atoms with Crippen LogP contribution in [-0.2, 0) is 28.7 Å². The SMILES string of the molecule is NCCCCCC(N)OC(=O)CC(O)(CC(=O)OC(=O)[C@@H](N)CCCCN)C(=O)O. The highest BCUT2D eigenvalue weighted by Gasteiger charge is 2.42. The van der Waals surface area contributed by atoms with Crippen LogP contribution in [-0.4, -0.2) is 65.1 Å². The summed E-state index contributed by atoms with van der Waals surface area (Å²) >= 11 is 0. The summed E-state index contributed by atoms with van der Waals surface area (Å²) in [5, 5.41) is 19.4. The number of hydrogen-bond acceptors (Lipinski definition) is 11. The Morgan fingerprint density at radius 2 is 1.37 bits per heavy atom. The van der Waals surface area contributed by atoms with Crippen molar-refractivity contribution in [3.63, 3.8) is 0 Å². The molecule has 0 aromatic rings. The number of carbonyl (C=O) groups excluding carboxylic acids is 3. The van der Waals surface area contributed by atoms with Crippen LogP contribution in [0.5, 0.6) is 0 Å². The summed E-state index contributed by atoms with van der Waals surface area (Å²) < 4.78 is 9.35. The standard InChI is InChI=1S/C18H34N4O8/c19-8-4-1-2-7-13(22)29-14(23)10-18(28,17(26)27)11-15(24)30-16(25)12(21)6-3-5-9-20/h12-13,28H,1-11,19-22H2,(H,26,27)/t12-,13?,18?/m0/s1. The van der Waals surface area contributed by atoms with Crippen molar-refractivity contribution in [3.8, 4) is 0 Å². The van der Waals surface area contributed by atoms with Gasteiger partial charge in [-0.25, -0.2) is 9.59 Å². The second kappa shape index (κ2) is 14.8. The summed E-state index contributed by atoms with van der Waals surface area (Å²) in [5.74, 6) is -5.36. The van der Waals surface area contributed by atoms with Gasteiger partial charge >= 0.3 is 23.9 Å². The molecule has 0 fully saturated rings. The molecular weight excluding hydrogens is 400 g/mol. The highest BCUT2D eigenvalue weighted by Crippen LogP contribution is 2.19. The molecule has 0 aliphatic rings. The first-order chi connectivity index (χ1) is 14.1. The third kappa shape index (κ3) is 11.8. The number of carboxylic acid groups (broad SMARTS) is 1. The number of aliphatic carboxylic acids is 1. The number of ether oxygens (including phenoxy) is 2. The second-order valence-electron chi connectivity index (χ2n) is 7.04. The largest absolute Gasteiger partial charge is 0.479 e. The van der Waals surface area contributed by atoms with Gasteiger partial charge in [0.1, 0.15) is 6.04 Å². The average Bonchev–Trinajstić information content (AvgIpc) is 2.64. The van der Waals surface area contributed by atoms with Crippen LogP contribution in [0, 0.1) is 0 Å². The van der Waals surface area contributed by atoms with Crippen molar-refractivity contribution in [1.29, 1.82) is 0 Å². The molecule has 30 heavy (non-hydrogen) atoms. The molecule has 0 aromatic carbocycles. The zero-order valence-electron chi connectivity index (χ0n) is 17.1. The second-order valence-corrected chi connectivity index (χ2v) is 7.04. The Balaban J connectivity index is 4.65. The van der Waals surface area contributed by atoms with E-state index in [2.05, 4.69) is 4.74 Å². The monoisotopic (exact) mass is 434 g/mol. The van der Waals surface area contributed by atoms with Crippen LogP contribution in [0.1, 0.15) is 57.8 Å². The normalized spacial score (nSPS) is 15.0. The fourth-order valence-electron chi connectivity index (χ4n) is 2.48. The van der Waals surface area contributed by atoms with Gasteiger partial charge in [-0.05, 0) is 45.2 Å². The van der Waals surface area contributed by atoms with Crippen molar-refractivity contribution in [1.82, 2.24) is 0 Å². The molecule has 12 nitrogen and oxygen atoms in total. The molecule has 0 aliphatic carbocycles. The minimum absolute atomic E-state index is 0.224. The predicted molar refractivity (Wildman–Crippen MR) is 105 cm³/mol. The van der Waals surface area contributed by atoms with Gasteiger partial charge in [0.15, 0.2) is 11.8 Å². The van der Waals surface area contributed by atoms with Gasteiger partial charge in [0.05, 0.1) is 12.8 Å². The Hall–Kier alpha value is -2.12. The van der Waals surface area contributed by atoms with E-state index >= 15 is 0 Å². The summed E-state index contributed by atoms with van der Waals surface area (Å²) in [6.07, 6.45) is 0.755. The van der Waals surface area contributed by atoms with Crippen molar-refractivity contribution >= 4 is 23.9 Å². The Morgan fingerprint density at radius 3 is 1.93 bits per heavy atom. The maximum atomic E-state index is 11.9. The molecule has 2 unspecified atom stereocenters. The van der Waals surface area contributed by atoms with E-state index in [0.29, 0.717) is 38.8 Å². The lowest BCUT2D eigenvalue weighted by Gasteiger charge is -2.22. The van der Waals surface area contributed by atoms with Gasteiger partial charge in [0, 0.05) is 0 Å². The predicted octanol–water partition coefficient (Wildman–Crippen LogP) is -1.54. The van der Waals surface area contributed by atoms with Crippen LogP contribution in [0.25, 0.3) is 0 Å². The van der Waals surface area contributed by atoms with Gasteiger partial charge in [-0.1, -0.05) is 12.8 Å². The van der Waals surface area contributed by atoms with E-state index < -0.39 is 54.6 Å². The molecular formula is C18H34N4O8. The molecule has 0 spiro atoms. The molecule has 0 bridgehead atoms. The highest BCUT2D eigenvalue weighted by atomic mass is 16.6. The Bertz CT molecular complexity index is 574. The molecule has 0 aromatic heterocycles. The number of rotatable bonds is 16. The minimum Gasteiger partial charge on any atom is -0.479 e. The first kappa shape index (κ1) is 27.9. The molecule has 0 rings (SSSR count). The number of nitrogens with two attached hydrogens (primary N) is 4. The van der Waals surface area contributed by atoms with Crippen molar-refractivity contribution in [3.05, 3.63) is 0 Å². The van der Waals surface area contributed by atoms with E-state index in [1.807, 2.05) is 0 Å². The zero-order valence-corrected chi connectivity index (χ0v) is 17.1. The lowest BCUT2D eigenvalue weighted by Crippen LogP contribution is -2.45. The van der Waals surface area contributed by atoms with Crippen LogP contribution in [0.15, 0.2) is 0 Å². The van der Waals surface area contributed by atoms with Crippen LogP contribution in [0.2, 0.25) is 0 Å². The van der Waals surface area contributed by atoms with Crippen LogP contribution < -0.4 is 22.9 Å². The Labute approximate surface area is 175 Å². The lowest BCUT2D eigenvalue weighted by atomic mass is 9.96. The van der Waals surface area contributed by atoms with Gasteiger partial charge in [-0.3, -0.25) is 15.3 Å². The molecule has 174 valence electrons. The highest BCUT2D eigenvalue weighted by molar-refractivity contribution is 5.93. The number of aliphatic hydroxyl groups is 1. The summed E-state index contributed by atoms with van der Waals surface area (Å²) in [6.45, 7) is 0.942. The van der Waals surface area contributed by atoms with Crippen molar-refractivity contribution in [2.24, 2.45) is 22.9 Å². The van der Waals surface area contributed by atoms with E-state index in [0.717, 1.165) is 12.8 Å².